The average Bonchev–Trinajstić information content (AvgIpc) is 2.72. The molecule has 166 valence electrons. The highest BCUT2D eigenvalue weighted by Crippen LogP contribution is 2.18. The number of hydrogen-bond acceptors (Lipinski definition) is 5. The van der Waals surface area contributed by atoms with Crippen molar-refractivity contribution in [1.29, 1.82) is 0 Å². The van der Waals surface area contributed by atoms with Crippen molar-refractivity contribution in [3.63, 3.8) is 0 Å². The van der Waals surface area contributed by atoms with E-state index in [0.29, 0.717) is 0 Å². The van der Waals surface area contributed by atoms with Gasteiger partial charge in [-0.2, -0.15) is 0 Å². The van der Waals surface area contributed by atoms with E-state index in [4.69, 9.17) is 9.47 Å². The van der Waals surface area contributed by atoms with Crippen LogP contribution in [-0.2, 0) is 25.7 Å². The lowest BCUT2D eigenvalue weighted by Crippen LogP contribution is -2.37. The van der Waals surface area contributed by atoms with Gasteiger partial charge in [-0.25, -0.2) is 4.79 Å². The summed E-state index contributed by atoms with van der Waals surface area (Å²) in [6, 6.07) is 18.0. The summed E-state index contributed by atoms with van der Waals surface area (Å²) in [4.78, 5) is 36.5. The third-order valence-corrected chi connectivity index (χ3v) is 4.18. The molecule has 2 amide bonds. The molecule has 0 aliphatic heterocycles. The molecule has 7 heteroatoms. The van der Waals surface area contributed by atoms with E-state index in [1.54, 1.807) is 20.8 Å². The van der Waals surface area contributed by atoms with E-state index in [1.807, 2.05) is 60.7 Å². The molecule has 0 saturated carbocycles. The summed E-state index contributed by atoms with van der Waals surface area (Å²) < 4.78 is 10.5. The molecule has 2 aromatic carbocycles. The number of nitrogens with one attached hydrogen (secondary N) is 2. The van der Waals surface area contributed by atoms with Crippen molar-refractivity contribution in [2.45, 2.75) is 51.9 Å². The molecule has 31 heavy (non-hydrogen) atoms. The highest BCUT2D eigenvalue weighted by atomic mass is 16.6. The quantitative estimate of drug-likeness (QED) is 0.593. The lowest BCUT2D eigenvalue weighted by Gasteiger charge is -2.23. The minimum Gasteiger partial charge on any atom is -0.461 e. The lowest BCUT2D eigenvalue weighted by atomic mass is 10.0. The fraction of sp³-hybridized carbons (Fsp3) is 0.375. The van der Waals surface area contributed by atoms with Crippen LogP contribution in [0, 0.1) is 0 Å². The smallest absolute Gasteiger partial charge is 0.408 e. The Kier molecular flexibility index (Phi) is 9.06. The van der Waals surface area contributed by atoms with E-state index in [0.717, 1.165) is 11.1 Å². The van der Waals surface area contributed by atoms with Gasteiger partial charge in [-0.1, -0.05) is 60.7 Å². The van der Waals surface area contributed by atoms with E-state index in [9.17, 15) is 14.4 Å². The second-order valence-corrected chi connectivity index (χ2v) is 8.06. The Morgan fingerprint density at radius 1 is 0.935 bits per heavy atom. The Morgan fingerprint density at radius 2 is 1.55 bits per heavy atom. The molecule has 0 aliphatic rings. The number of ether oxygens (including phenoxy) is 2. The third kappa shape index (κ3) is 9.80. The molecule has 2 N–H and O–H groups in total. The van der Waals surface area contributed by atoms with Crippen molar-refractivity contribution < 1.29 is 23.9 Å². The maximum atomic E-state index is 12.4. The standard InChI is InChI=1S/C24H30N2O5/c1-24(2,3)31-23(29)26-20(19-12-8-5-9-13-19)16-21(27)25-15-14-22(28)30-17-18-10-6-4-7-11-18/h4-13,20H,14-17H2,1-3H3,(H,25,27)(H,26,29)/t20-/m0/s1. The van der Waals surface area contributed by atoms with E-state index in [1.165, 1.54) is 0 Å². The molecule has 0 aromatic heterocycles. The van der Waals surface area contributed by atoms with Gasteiger partial charge in [-0.3, -0.25) is 9.59 Å². The fourth-order valence-corrected chi connectivity index (χ4v) is 2.76. The van der Waals surface area contributed by atoms with Crippen LogP contribution in [0.2, 0.25) is 0 Å². The summed E-state index contributed by atoms with van der Waals surface area (Å²) in [6.07, 6.45) is -0.519. The number of benzene rings is 2. The molecule has 0 radical (unpaired) electrons. The number of rotatable bonds is 9. The number of carbonyl (C=O) groups is 3. The Hall–Kier alpha value is -3.35. The molecule has 0 aliphatic carbocycles. The predicted molar refractivity (Wildman–Crippen MR) is 117 cm³/mol. The van der Waals surface area contributed by atoms with Crippen LogP contribution >= 0.6 is 0 Å². The van der Waals surface area contributed by atoms with Gasteiger partial charge in [-0.15, -0.1) is 0 Å². The van der Waals surface area contributed by atoms with Gasteiger partial charge in [0.05, 0.1) is 18.9 Å². The Labute approximate surface area is 183 Å². The number of esters is 1. The van der Waals surface area contributed by atoms with Gasteiger partial charge in [0, 0.05) is 6.54 Å². The van der Waals surface area contributed by atoms with Crippen molar-refractivity contribution in [2.24, 2.45) is 0 Å². The number of carbonyl (C=O) groups excluding carboxylic acids is 3. The Morgan fingerprint density at radius 3 is 2.16 bits per heavy atom. The molecule has 0 unspecified atom stereocenters. The molecule has 0 saturated heterocycles. The lowest BCUT2D eigenvalue weighted by molar-refractivity contribution is -0.144. The second-order valence-electron chi connectivity index (χ2n) is 8.06. The second kappa shape index (κ2) is 11.7. The summed E-state index contributed by atoms with van der Waals surface area (Å²) >= 11 is 0. The van der Waals surface area contributed by atoms with Crippen molar-refractivity contribution in [3.8, 4) is 0 Å². The van der Waals surface area contributed by atoms with Gasteiger partial charge in [-0.05, 0) is 31.9 Å². The van der Waals surface area contributed by atoms with E-state index in [2.05, 4.69) is 10.6 Å². The van der Waals surface area contributed by atoms with E-state index < -0.39 is 23.7 Å². The highest BCUT2D eigenvalue weighted by molar-refractivity contribution is 5.79. The molecule has 0 bridgehead atoms. The molecule has 1 atom stereocenters. The number of amides is 2. The van der Waals surface area contributed by atoms with Crippen LogP contribution in [0.3, 0.4) is 0 Å². The molecule has 7 nitrogen and oxygen atoms in total. The molecular formula is C24H30N2O5. The number of alkyl carbamates (subject to hydrolysis) is 1. The minimum absolute atomic E-state index is 0.0162. The van der Waals surface area contributed by atoms with Crippen LogP contribution < -0.4 is 10.6 Å². The summed E-state index contributed by atoms with van der Waals surface area (Å²) in [7, 11) is 0. The highest BCUT2D eigenvalue weighted by Gasteiger charge is 2.22. The van der Waals surface area contributed by atoms with Crippen LogP contribution in [0.5, 0.6) is 0 Å². The fourth-order valence-electron chi connectivity index (χ4n) is 2.76. The zero-order chi connectivity index (χ0) is 22.7. The first kappa shape index (κ1) is 23.9. The van der Waals surface area contributed by atoms with Crippen LogP contribution in [0.1, 0.15) is 50.8 Å². The zero-order valence-corrected chi connectivity index (χ0v) is 18.2. The van der Waals surface area contributed by atoms with Crippen LogP contribution in [-0.4, -0.2) is 30.1 Å². The van der Waals surface area contributed by atoms with Crippen molar-refractivity contribution in [3.05, 3.63) is 71.8 Å². The van der Waals surface area contributed by atoms with Crippen LogP contribution in [0.15, 0.2) is 60.7 Å². The normalized spacial score (nSPS) is 11.8. The topological polar surface area (TPSA) is 93.7 Å². The number of hydrogen-bond donors (Lipinski definition) is 2. The van der Waals surface area contributed by atoms with Gasteiger partial charge in [0.1, 0.15) is 12.2 Å². The van der Waals surface area contributed by atoms with Gasteiger partial charge in [0.15, 0.2) is 0 Å². The summed E-state index contributed by atoms with van der Waals surface area (Å²) in [5.74, 6) is -0.684. The van der Waals surface area contributed by atoms with Crippen LogP contribution in [0.25, 0.3) is 0 Å². The summed E-state index contributed by atoms with van der Waals surface area (Å²) in [5, 5.41) is 5.45. The van der Waals surface area contributed by atoms with Gasteiger partial charge in [0.25, 0.3) is 0 Å². The molecule has 2 aromatic rings. The molecule has 0 heterocycles. The average molecular weight is 427 g/mol. The Balaban J connectivity index is 1.81. The van der Waals surface area contributed by atoms with Crippen molar-refractivity contribution >= 4 is 18.0 Å². The monoisotopic (exact) mass is 426 g/mol. The third-order valence-electron chi connectivity index (χ3n) is 4.18. The first-order chi connectivity index (χ1) is 14.7. The SMILES string of the molecule is CC(C)(C)OC(=O)N[C@@H](CC(=O)NCCC(=O)OCc1ccccc1)c1ccccc1. The van der Waals surface area contributed by atoms with Crippen molar-refractivity contribution in [2.75, 3.05) is 6.54 Å². The zero-order valence-electron chi connectivity index (χ0n) is 18.2. The maximum Gasteiger partial charge on any atom is 0.408 e. The molecule has 2 rings (SSSR count). The predicted octanol–water partition coefficient (Wildman–Crippen LogP) is 3.89. The minimum atomic E-state index is -0.645. The van der Waals surface area contributed by atoms with Crippen LogP contribution in [0.4, 0.5) is 4.79 Å². The first-order valence-electron chi connectivity index (χ1n) is 10.2. The van der Waals surface area contributed by atoms with E-state index in [-0.39, 0.29) is 31.9 Å². The molecule has 0 fully saturated rings. The maximum absolute atomic E-state index is 12.4. The van der Waals surface area contributed by atoms with Crippen molar-refractivity contribution in [1.82, 2.24) is 10.6 Å². The first-order valence-corrected chi connectivity index (χ1v) is 10.2. The van der Waals surface area contributed by atoms with Gasteiger partial charge in [0.2, 0.25) is 5.91 Å². The van der Waals surface area contributed by atoms with E-state index >= 15 is 0 Å². The summed E-state index contributed by atoms with van der Waals surface area (Å²) in [6.45, 7) is 5.67. The Bertz CT molecular complexity index is 847. The largest absolute Gasteiger partial charge is 0.461 e. The molecular weight excluding hydrogens is 396 g/mol. The van der Waals surface area contributed by atoms with Gasteiger partial charge >= 0.3 is 12.1 Å². The summed E-state index contributed by atoms with van der Waals surface area (Å²) in [5.41, 5.74) is 1.04. The van der Waals surface area contributed by atoms with Gasteiger partial charge < -0.3 is 20.1 Å². The molecule has 0 spiro atoms.